The number of anilines is 2. The molecule has 2 aliphatic rings. The van der Waals surface area contributed by atoms with Crippen LogP contribution < -0.4 is 16.0 Å². The fourth-order valence-corrected chi connectivity index (χ4v) is 5.07. The Kier molecular flexibility index (Phi) is 7.40. The fraction of sp³-hybridized carbons (Fsp3) is 0.423. The second-order valence-electron chi connectivity index (χ2n) is 9.05. The van der Waals surface area contributed by atoms with Crippen molar-refractivity contribution in [3.63, 3.8) is 0 Å². The molecule has 4 rings (SSSR count). The molecule has 2 aromatic rings. The van der Waals surface area contributed by atoms with Crippen molar-refractivity contribution >= 4 is 29.1 Å². The minimum absolute atomic E-state index is 0.0747. The second-order valence-corrected chi connectivity index (χ2v) is 9.05. The van der Waals surface area contributed by atoms with Gasteiger partial charge in [-0.25, -0.2) is 0 Å². The molecule has 0 unspecified atom stereocenters. The number of carbonyl (C=O) groups is 3. The van der Waals surface area contributed by atoms with Crippen LogP contribution in [0, 0.1) is 0 Å². The van der Waals surface area contributed by atoms with E-state index in [2.05, 4.69) is 33.0 Å². The number of carbonyl (C=O) groups excluding carboxylic acids is 3. The van der Waals surface area contributed by atoms with E-state index in [1.54, 1.807) is 24.3 Å². The first kappa shape index (κ1) is 23.0. The Morgan fingerprint density at radius 2 is 1.70 bits per heavy atom. The van der Waals surface area contributed by atoms with Gasteiger partial charge in [-0.15, -0.1) is 0 Å². The second kappa shape index (κ2) is 10.6. The molecule has 2 heterocycles. The van der Waals surface area contributed by atoms with E-state index in [-0.39, 0.29) is 42.4 Å². The largest absolute Gasteiger partial charge is 0.352 e. The molecule has 3 N–H and O–H groups in total. The Morgan fingerprint density at radius 1 is 1.00 bits per heavy atom. The number of benzene rings is 2. The number of nitrogens with one attached hydrogen (secondary N) is 3. The molecule has 0 bridgehead atoms. The number of rotatable bonds is 6. The van der Waals surface area contributed by atoms with Gasteiger partial charge in [-0.1, -0.05) is 36.8 Å². The third-order valence-electron chi connectivity index (χ3n) is 6.51. The number of hydrogen-bond donors (Lipinski definition) is 3. The molecule has 0 radical (unpaired) electrons. The van der Waals surface area contributed by atoms with Crippen LogP contribution in [0.5, 0.6) is 0 Å². The molecule has 2 aliphatic heterocycles. The number of nitrogens with zero attached hydrogens (tertiary/aromatic N) is 1. The van der Waals surface area contributed by atoms with Crippen LogP contribution >= 0.6 is 0 Å². The summed E-state index contributed by atoms with van der Waals surface area (Å²) in [5.41, 5.74) is 2.62. The van der Waals surface area contributed by atoms with Crippen LogP contribution in [-0.4, -0.2) is 47.3 Å². The van der Waals surface area contributed by atoms with Gasteiger partial charge in [-0.2, -0.15) is 0 Å². The van der Waals surface area contributed by atoms with Gasteiger partial charge in [-0.3, -0.25) is 19.3 Å². The summed E-state index contributed by atoms with van der Waals surface area (Å²) in [5, 5.41) is 8.93. The third kappa shape index (κ3) is 6.20. The summed E-state index contributed by atoms with van der Waals surface area (Å²) in [4.78, 5) is 38.8. The molecule has 2 saturated heterocycles. The van der Waals surface area contributed by atoms with Crippen LogP contribution in [0.25, 0.3) is 0 Å². The van der Waals surface area contributed by atoms with Crippen molar-refractivity contribution in [3.8, 4) is 0 Å². The highest BCUT2D eigenvalue weighted by molar-refractivity contribution is 5.93. The predicted octanol–water partition coefficient (Wildman–Crippen LogP) is 3.33. The molecule has 0 aliphatic carbocycles. The third-order valence-corrected chi connectivity index (χ3v) is 6.51. The van der Waals surface area contributed by atoms with Crippen molar-refractivity contribution < 1.29 is 14.4 Å². The zero-order chi connectivity index (χ0) is 23.2. The van der Waals surface area contributed by atoms with Gasteiger partial charge in [-0.05, 0) is 55.5 Å². The van der Waals surface area contributed by atoms with Crippen LogP contribution in [0.1, 0.15) is 44.6 Å². The molecule has 0 spiro atoms. The molecule has 2 aromatic carbocycles. The van der Waals surface area contributed by atoms with Gasteiger partial charge in [0.25, 0.3) is 0 Å². The number of likely N-dealkylation sites (tertiary alicyclic amines) is 1. The Morgan fingerprint density at radius 3 is 2.39 bits per heavy atom. The summed E-state index contributed by atoms with van der Waals surface area (Å²) in [6.45, 7) is 1.74. The first-order chi connectivity index (χ1) is 16.0. The van der Waals surface area contributed by atoms with Gasteiger partial charge in [0.15, 0.2) is 0 Å². The van der Waals surface area contributed by atoms with Crippen molar-refractivity contribution in [2.24, 2.45) is 0 Å². The van der Waals surface area contributed by atoms with Crippen LogP contribution in [0.15, 0.2) is 54.6 Å². The lowest BCUT2D eigenvalue weighted by Crippen LogP contribution is -2.48. The number of amides is 3. The highest BCUT2D eigenvalue weighted by Gasteiger charge is 2.42. The zero-order valence-electron chi connectivity index (χ0n) is 19.0. The van der Waals surface area contributed by atoms with E-state index in [1.807, 2.05) is 18.2 Å². The van der Waals surface area contributed by atoms with Crippen molar-refractivity contribution in [2.45, 2.75) is 63.6 Å². The molecular weight excluding hydrogens is 416 g/mol. The summed E-state index contributed by atoms with van der Waals surface area (Å²) < 4.78 is 0. The summed E-state index contributed by atoms with van der Waals surface area (Å²) >= 11 is 0. The standard InChI is InChI=1S/C26H32N4O3/c1-18(31)27-20-11-13-21(14-12-20)28-26(33)17-30-22(15-19-7-3-2-4-8-19)16-23-24(30)9-5-6-10-25(32)29-23/h2-4,7-8,11-14,22-24H,5-6,9-10,15-17H2,1H3,(H,27,31)(H,28,33)(H,29,32)/t22-,23-,24+/m1/s1. The molecule has 33 heavy (non-hydrogen) atoms. The van der Waals surface area contributed by atoms with Gasteiger partial charge in [0.05, 0.1) is 6.54 Å². The lowest BCUT2D eigenvalue weighted by Gasteiger charge is -2.32. The highest BCUT2D eigenvalue weighted by atomic mass is 16.2. The molecule has 174 valence electrons. The van der Waals surface area contributed by atoms with E-state index < -0.39 is 0 Å². The minimum atomic E-state index is -0.133. The van der Waals surface area contributed by atoms with Crippen molar-refractivity contribution in [1.82, 2.24) is 10.2 Å². The van der Waals surface area contributed by atoms with Crippen LogP contribution in [-0.2, 0) is 20.8 Å². The molecule has 3 amide bonds. The Labute approximate surface area is 194 Å². The van der Waals surface area contributed by atoms with Gasteiger partial charge in [0.1, 0.15) is 0 Å². The maximum atomic E-state index is 13.0. The van der Waals surface area contributed by atoms with Crippen LogP contribution in [0.2, 0.25) is 0 Å². The summed E-state index contributed by atoms with van der Waals surface area (Å²) in [6.07, 6.45) is 5.15. The predicted molar refractivity (Wildman–Crippen MR) is 129 cm³/mol. The average molecular weight is 449 g/mol. The van der Waals surface area contributed by atoms with E-state index >= 15 is 0 Å². The first-order valence-electron chi connectivity index (χ1n) is 11.7. The van der Waals surface area contributed by atoms with Gasteiger partial charge in [0, 0.05) is 42.8 Å². The number of hydrogen-bond acceptors (Lipinski definition) is 4. The smallest absolute Gasteiger partial charge is 0.238 e. The maximum Gasteiger partial charge on any atom is 0.238 e. The van der Waals surface area contributed by atoms with Gasteiger partial charge >= 0.3 is 0 Å². The Hall–Kier alpha value is -3.19. The van der Waals surface area contributed by atoms with Crippen LogP contribution in [0.3, 0.4) is 0 Å². The van der Waals surface area contributed by atoms with E-state index in [1.165, 1.54) is 12.5 Å². The Bertz CT molecular complexity index is 977. The molecular formula is C26H32N4O3. The van der Waals surface area contributed by atoms with Gasteiger partial charge in [0.2, 0.25) is 17.7 Å². The normalized spacial score (nSPS) is 23.1. The molecule has 0 saturated carbocycles. The van der Waals surface area contributed by atoms with Crippen molar-refractivity contribution in [1.29, 1.82) is 0 Å². The molecule has 2 fully saturated rings. The topological polar surface area (TPSA) is 90.5 Å². The fourth-order valence-electron chi connectivity index (χ4n) is 5.07. The van der Waals surface area contributed by atoms with Crippen LogP contribution in [0.4, 0.5) is 11.4 Å². The number of fused-ring (bicyclic) bond motifs is 1. The SMILES string of the molecule is CC(=O)Nc1ccc(NC(=O)CN2[C@H](Cc3ccccc3)C[C@H]3NC(=O)CCCC[C@@H]32)cc1. The zero-order valence-corrected chi connectivity index (χ0v) is 19.0. The monoisotopic (exact) mass is 448 g/mol. The Balaban J connectivity index is 1.46. The lowest BCUT2D eigenvalue weighted by molar-refractivity contribution is -0.122. The van der Waals surface area contributed by atoms with E-state index in [9.17, 15) is 14.4 Å². The lowest BCUT2D eigenvalue weighted by atomic mass is 9.97. The van der Waals surface area contributed by atoms with E-state index in [0.717, 1.165) is 32.1 Å². The first-order valence-corrected chi connectivity index (χ1v) is 11.7. The quantitative estimate of drug-likeness (QED) is 0.632. The minimum Gasteiger partial charge on any atom is -0.352 e. The molecule has 3 atom stereocenters. The van der Waals surface area contributed by atoms with E-state index in [4.69, 9.17) is 0 Å². The summed E-state index contributed by atoms with van der Waals surface area (Å²) in [7, 11) is 0. The van der Waals surface area contributed by atoms with Crippen molar-refractivity contribution in [3.05, 3.63) is 60.2 Å². The average Bonchev–Trinajstić information content (AvgIpc) is 3.06. The maximum absolute atomic E-state index is 13.0. The van der Waals surface area contributed by atoms with Gasteiger partial charge < -0.3 is 16.0 Å². The summed E-state index contributed by atoms with van der Waals surface area (Å²) in [5.74, 6) is -0.0887. The molecule has 7 nitrogen and oxygen atoms in total. The summed E-state index contributed by atoms with van der Waals surface area (Å²) in [6, 6.07) is 17.9. The molecule has 0 aromatic heterocycles. The van der Waals surface area contributed by atoms with Crippen molar-refractivity contribution in [2.75, 3.05) is 17.2 Å². The highest BCUT2D eigenvalue weighted by Crippen LogP contribution is 2.31. The van der Waals surface area contributed by atoms with E-state index in [0.29, 0.717) is 17.8 Å². The molecule has 7 heteroatoms.